The van der Waals surface area contributed by atoms with Gasteiger partial charge in [-0.15, -0.1) is 10.2 Å². The topological polar surface area (TPSA) is 69.8 Å². The molecule has 26 heavy (non-hydrogen) atoms. The second kappa shape index (κ2) is 7.80. The summed E-state index contributed by atoms with van der Waals surface area (Å²) in [6, 6.07) is 12.2. The van der Waals surface area contributed by atoms with Crippen molar-refractivity contribution in [2.45, 2.75) is 25.5 Å². The van der Waals surface area contributed by atoms with Crippen molar-refractivity contribution in [1.82, 2.24) is 29.9 Å². The van der Waals surface area contributed by atoms with Crippen LogP contribution in [0.5, 0.6) is 0 Å². The number of ether oxygens (including phenoxy) is 1. The van der Waals surface area contributed by atoms with Gasteiger partial charge in [0.1, 0.15) is 12.4 Å². The summed E-state index contributed by atoms with van der Waals surface area (Å²) in [5.41, 5.74) is 2.21. The predicted molar refractivity (Wildman–Crippen MR) is 97.7 cm³/mol. The van der Waals surface area contributed by atoms with Gasteiger partial charge in [-0.1, -0.05) is 18.2 Å². The van der Waals surface area contributed by atoms with E-state index in [2.05, 4.69) is 38.8 Å². The SMILES string of the molecule is Cn1nccc1[C@@H]1OCCC[C@H]1CNCc1nncn1-c1ccccc1. The van der Waals surface area contributed by atoms with Crippen molar-refractivity contribution >= 4 is 0 Å². The third-order valence-electron chi connectivity index (χ3n) is 4.94. The maximum Gasteiger partial charge on any atom is 0.151 e. The molecule has 4 rings (SSSR count). The normalized spacial score (nSPS) is 20.3. The molecule has 1 N–H and O–H groups in total. The zero-order valence-electron chi connectivity index (χ0n) is 15.0. The van der Waals surface area contributed by atoms with Crippen LogP contribution in [-0.4, -0.2) is 37.7 Å². The van der Waals surface area contributed by atoms with E-state index in [0.717, 1.165) is 43.2 Å². The average Bonchev–Trinajstić information content (AvgIpc) is 3.32. The molecule has 1 saturated heterocycles. The summed E-state index contributed by atoms with van der Waals surface area (Å²) in [6.07, 6.45) is 5.93. The van der Waals surface area contributed by atoms with Crippen LogP contribution in [0, 0.1) is 5.92 Å². The summed E-state index contributed by atoms with van der Waals surface area (Å²) in [6.45, 7) is 2.36. The quantitative estimate of drug-likeness (QED) is 0.737. The van der Waals surface area contributed by atoms with Crippen molar-refractivity contribution in [3.63, 3.8) is 0 Å². The van der Waals surface area contributed by atoms with Crippen molar-refractivity contribution in [2.75, 3.05) is 13.2 Å². The Morgan fingerprint density at radius 2 is 2.12 bits per heavy atom. The maximum atomic E-state index is 6.06. The van der Waals surface area contributed by atoms with Crippen LogP contribution in [0.25, 0.3) is 5.69 Å². The van der Waals surface area contributed by atoms with Crippen LogP contribution in [0.1, 0.15) is 30.5 Å². The number of aromatic nitrogens is 5. The lowest BCUT2D eigenvalue weighted by atomic mass is 9.92. The van der Waals surface area contributed by atoms with Crippen LogP contribution < -0.4 is 5.32 Å². The van der Waals surface area contributed by atoms with Gasteiger partial charge >= 0.3 is 0 Å². The van der Waals surface area contributed by atoms with Gasteiger partial charge < -0.3 is 10.1 Å². The number of para-hydroxylation sites is 1. The first kappa shape index (κ1) is 16.9. The highest BCUT2D eigenvalue weighted by molar-refractivity contribution is 5.31. The van der Waals surface area contributed by atoms with Gasteiger partial charge in [-0.3, -0.25) is 9.25 Å². The zero-order valence-corrected chi connectivity index (χ0v) is 15.0. The van der Waals surface area contributed by atoms with Gasteiger partial charge in [-0.05, 0) is 31.0 Å². The molecule has 0 unspecified atom stereocenters. The van der Waals surface area contributed by atoms with E-state index >= 15 is 0 Å². The molecule has 1 aliphatic heterocycles. The van der Waals surface area contributed by atoms with E-state index in [9.17, 15) is 0 Å². The molecule has 1 aromatic carbocycles. The van der Waals surface area contributed by atoms with Gasteiger partial charge in [0, 0.05) is 38.0 Å². The molecule has 0 spiro atoms. The zero-order chi connectivity index (χ0) is 17.8. The first-order valence-corrected chi connectivity index (χ1v) is 9.07. The molecule has 0 saturated carbocycles. The first-order chi connectivity index (χ1) is 12.8. The highest BCUT2D eigenvalue weighted by atomic mass is 16.5. The average molecular weight is 352 g/mol. The van der Waals surface area contributed by atoms with Gasteiger partial charge in [0.15, 0.2) is 5.82 Å². The molecule has 0 radical (unpaired) electrons. The fourth-order valence-electron chi connectivity index (χ4n) is 3.60. The summed E-state index contributed by atoms with van der Waals surface area (Å²) in [7, 11) is 1.97. The molecule has 2 atom stereocenters. The van der Waals surface area contributed by atoms with E-state index in [1.165, 1.54) is 0 Å². The second-order valence-electron chi connectivity index (χ2n) is 6.66. The van der Waals surface area contributed by atoms with Crippen molar-refractivity contribution in [3.05, 3.63) is 60.4 Å². The van der Waals surface area contributed by atoms with Crippen molar-refractivity contribution in [3.8, 4) is 5.69 Å². The monoisotopic (exact) mass is 352 g/mol. The lowest BCUT2D eigenvalue weighted by Gasteiger charge is -2.32. The van der Waals surface area contributed by atoms with Crippen LogP contribution in [0.4, 0.5) is 0 Å². The smallest absolute Gasteiger partial charge is 0.151 e. The lowest BCUT2D eigenvalue weighted by Crippen LogP contribution is -2.33. The minimum absolute atomic E-state index is 0.0933. The summed E-state index contributed by atoms with van der Waals surface area (Å²) in [5.74, 6) is 1.33. The molecule has 136 valence electrons. The van der Waals surface area contributed by atoms with Gasteiger partial charge in [0.25, 0.3) is 0 Å². The van der Waals surface area contributed by atoms with Crippen LogP contribution in [-0.2, 0) is 18.3 Å². The molecule has 1 fully saturated rings. The van der Waals surface area contributed by atoms with Gasteiger partial charge in [0.2, 0.25) is 0 Å². The van der Waals surface area contributed by atoms with Gasteiger partial charge in [-0.2, -0.15) is 5.10 Å². The first-order valence-electron chi connectivity index (χ1n) is 9.07. The summed E-state index contributed by atoms with van der Waals surface area (Å²) in [4.78, 5) is 0. The third-order valence-corrected chi connectivity index (χ3v) is 4.94. The van der Waals surface area contributed by atoms with Crippen molar-refractivity contribution in [2.24, 2.45) is 13.0 Å². The van der Waals surface area contributed by atoms with Crippen LogP contribution in [0.15, 0.2) is 48.9 Å². The fourth-order valence-corrected chi connectivity index (χ4v) is 3.60. The molecular weight excluding hydrogens is 328 g/mol. The number of nitrogens with one attached hydrogen (secondary N) is 1. The van der Waals surface area contributed by atoms with Crippen LogP contribution >= 0.6 is 0 Å². The number of nitrogens with zero attached hydrogens (tertiary/aromatic N) is 5. The van der Waals surface area contributed by atoms with E-state index in [4.69, 9.17) is 4.74 Å². The van der Waals surface area contributed by atoms with E-state index in [0.29, 0.717) is 12.5 Å². The van der Waals surface area contributed by atoms with E-state index in [1.54, 1.807) is 6.33 Å². The molecule has 3 aromatic rings. The Bertz CT molecular complexity index is 827. The molecule has 3 heterocycles. The van der Waals surface area contributed by atoms with E-state index < -0.39 is 0 Å². The standard InChI is InChI=1S/C19H24N6O/c1-24-17(9-10-22-24)19-15(6-5-11-26-19)12-20-13-18-23-21-14-25(18)16-7-3-2-4-8-16/h2-4,7-10,14-15,19-20H,5-6,11-13H2,1H3/t15-,19+/m0/s1. The Morgan fingerprint density at radius 3 is 2.92 bits per heavy atom. The molecule has 1 aliphatic rings. The molecule has 7 heteroatoms. The number of aryl methyl sites for hydroxylation is 1. The maximum absolute atomic E-state index is 6.06. The van der Waals surface area contributed by atoms with Gasteiger partial charge in [0.05, 0.1) is 12.2 Å². The second-order valence-corrected chi connectivity index (χ2v) is 6.66. The van der Waals surface area contributed by atoms with Crippen LogP contribution in [0.2, 0.25) is 0 Å². The molecule has 7 nitrogen and oxygen atoms in total. The summed E-state index contributed by atoms with van der Waals surface area (Å²) >= 11 is 0. The minimum Gasteiger partial charge on any atom is -0.372 e. The number of benzene rings is 1. The Labute approximate surface area is 153 Å². The number of hydrogen-bond donors (Lipinski definition) is 1. The highest BCUT2D eigenvalue weighted by Crippen LogP contribution is 2.32. The predicted octanol–water partition coefficient (Wildman–Crippen LogP) is 2.26. The molecule has 2 aromatic heterocycles. The van der Waals surface area contributed by atoms with E-state index in [-0.39, 0.29) is 6.10 Å². The highest BCUT2D eigenvalue weighted by Gasteiger charge is 2.29. The molecule has 0 aliphatic carbocycles. The summed E-state index contributed by atoms with van der Waals surface area (Å²) < 4.78 is 9.99. The molecular formula is C19H24N6O. The van der Waals surface area contributed by atoms with E-state index in [1.807, 2.05) is 40.7 Å². The minimum atomic E-state index is 0.0933. The molecule has 0 bridgehead atoms. The Hall–Kier alpha value is -2.51. The largest absolute Gasteiger partial charge is 0.372 e. The number of rotatable bonds is 6. The Morgan fingerprint density at radius 1 is 1.23 bits per heavy atom. The third kappa shape index (κ3) is 3.54. The Kier molecular flexibility index (Phi) is 5.08. The fraction of sp³-hybridized carbons (Fsp3) is 0.421. The van der Waals surface area contributed by atoms with Crippen LogP contribution in [0.3, 0.4) is 0 Å². The lowest BCUT2D eigenvalue weighted by molar-refractivity contribution is -0.0323. The summed E-state index contributed by atoms with van der Waals surface area (Å²) in [5, 5.41) is 16.2. The van der Waals surface area contributed by atoms with Crippen molar-refractivity contribution < 1.29 is 4.74 Å². The van der Waals surface area contributed by atoms with Gasteiger partial charge in [-0.25, -0.2) is 0 Å². The molecule has 0 amide bonds. The Balaban J connectivity index is 1.40. The van der Waals surface area contributed by atoms with Crippen molar-refractivity contribution in [1.29, 1.82) is 0 Å². The number of hydrogen-bond acceptors (Lipinski definition) is 5.